The quantitative estimate of drug-likeness (QED) is 0.693. The van der Waals surface area contributed by atoms with Crippen LogP contribution in [0.15, 0.2) is 59.2 Å². The zero-order chi connectivity index (χ0) is 17.1. The van der Waals surface area contributed by atoms with Crippen LogP contribution in [-0.2, 0) is 16.1 Å². The average molecular weight is 387 g/mol. The van der Waals surface area contributed by atoms with Gasteiger partial charge in [-0.05, 0) is 36.4 Å². The lowest BCUT2D eigenvalue weighted by Crippen LogP contribution is -2.20. The molecule has 1 heterocycles. The molecular weight excluding hydrogens is 372 g/mol. The summed E-state index contributed by atoms with van der Waals surface area (Å²) in [5.74, 6) is -0.700. The minimum Gasteiger partial charge on any atom is -0.465 e. The molecule has 0 aliphatic rings. The van der Waals surface area contributed by atoms with Crippen molar-refractivity contribution in [3.8, 4) is 0 Å². The third kappa shape index (κ3) is 3.33. The fourth-order valence-electron chi connectivity index (χ4n) is 2.53. The number of methoxy groups -OCH3 is 1. The molecule has 0 unspecified atom stereocenters. The van der Waals surface area contributed by atoms with E-state index < -0.39 is 5.97 Å². The van der Waals surface area contributed by atoms with Crippen LogP contribution >= 0.6 is 15.9 Å². The third-order valence-electron chi connectivity index (χ3n) is 3.65. The van der Waals surface area contributed by atoms with Crippen molar-refractivity contribution >= 4 is 44.4 Å². The number of para-hydroxylation sites is 1. The molecule has 1 amide bonds. The van der Waals surface area contributed by atoms with Gasteiger partial charge in [-0.15, -0.1) is 0 Å². The number of hydrogen-bond acceptors (Lipinski definition) is 3. The summed E-state index contributed by atoms with van der Waals surface area (Å²) < 4.78 is 7.58. The van der Waals surface area contributed by atoms with E-state index in [9.17, 15) is 9.59 Å². The van der Waals surface area contributed by atoms with Gasteiger partial charge in [0.05, 0.1) is 18.4 Å². The van der Waals surface area contributed by atoms with Crippen molar-refractivity contribution in [3.05, 3.63) is 64.8 Å². The fraction of sp³-hybridized carbons (Fsp3) is 0.111. The predicted octanol–water partition coefficient (Wildman–Crippen LogP) is 3.83. The van der Waals surface area contributed by atoms with Gasteiger partial charge in [0, 0.05) is 21.6 Å². The van der Waals surface area contributed by atoms with E-state index in [0.717, 1.165) is 15.4 Å². The van der Waals surface area contributed by atoms with Gasteiger partial charge in [-0.1, -0.05) is 28.1 Å². The molecule has 5 nitrogen and oxygen atoms in total. The monoisotopic (exact) mass is 386 g/mol. The van der Waals surface area contributed by atoms with Crippen LogP contribution in [0.4, 0.5) is 5.69 Å². The summed E-state index contributed by atoms with van der Waals surface area (Å²) in [5.41, 5.74) is 1.73. The Balaban J connectivity index is 1.80. The van der Waals surface area contributed by atoms with Crippen LogP contribution < -0.4 is 5.32 Å². The van der Waals surface area contributed by atoms with Gasteiger partial charge in [-0.25, -0.2) is 4.79 Å². The summed E-state index contributed by atoms with van der Waals surface area (Å²) in [6, 6.07) is 14.6. The lowest BCUT2D eigenvalue weighted by Gasteiger charge is -2.10. The van der Waals surface area contributed by atoms with Gasteiger partial charge in [-0.3, -0.25) is 4.79 Å². The number of amides is 1. The molecule has 0 aliphatic heterocycles. The third-order valence-corrected chi connectivity index (χ3v) is 4.15. The molecule has 0 fully saturated rings. The SMILES string of the molecule is COC(=O)c1ccccc1NC(=O)Cn1ccc2cc(Br)ccc21. The Labute approximate surface area is 147 Å². The highest BCUT2D eigenvalue weighted by molar-refractivity contribution is 9.10. The molecule has 3 rings (SSSR count). The molecule has 1 aromatic heterocycles. The number of carbonyl (C=O) groups is 2. The number of aromatic nitrogens is 1. The molecule has 6 heteroatoms. The summed E-state index contributed by atoms with van der Waals surface area (Å²) in [6.45, 7) is 0.153. The van der Waals surface area contributed by atoms with Crippen LogP contribution in [0.2, 0.25) is 0 Å². The van der Waals surface area contributed by atoms with E-state index >= 15 is 0 Å². The molecule has 0 saturated carbocycles. The van der Waals surface area contributed by atoms with Gasteiger partial charge >= 0.3 is 5.97 Å². The van der Waals surface area contributed by atoms with Crippen LogP contribution in [0.3, 0.4) is 0 Å². The maximum atomic E-state index is 12.4. The van der Waals surface area contributed by atoms with Gasteiger partial charge in [0.2, 0.25) is 5.91 Å². The molecule has 0 radical (unpaired) electrons. The van der Waals surface area contributed by atoms with Crippen molar-refractivity contribution in [2.45, 2.75) is 6.54 Å². The Morgan fingerprint density at radius 1 is 1.17 bits per heavy atom. The Kier molecular flexibility index (Phi) is 4.66. The number of nitrogens with zero attached hydrogens (tertiary/aromatic N) is 1. The topological polar surface area (TPSA) is 60.3 Å². The highest BCUT2D eigenvalue weighted by Gasteiger charge is 2.14. The number of fused-ring (bicyclic) bond motifs is 1. The first-order valence-electron chi connectivity index (χ1n) is 7.30. The summed E-state index contributed by atoms with van der Waals surface area (Å²) in [5, 5.41) is 3.82. The smallest absolute Gasteiger partial charge is 0.339 e. The van der Waals surface area contributed by atoms with Crippen molar-refractivity contribution in [2.24, 2.45) is 0 Å². The van der Waals surface area contributed by atoms with E-state index in [1.54, 1.807) is 24.3 Å². The molecule has 0 aliphatic carbocycles. The van der Waals surface area contributed by atoms with Crippen molar-refractivity contribution < 1.29 is 14.3 Å². The number of benzene rings is 2. The van der Waals surface area contributed by atoms with Crippen LogP contribution in [0.5, 0.6) is 0 Å². The number of nitrogens with one attached hydrogen (secondary N) is 1. The highest BCUT2D eigenvalue weighted by Crippen LogP contribution is 2.21. The van der Waals surface area contributed by atoms with Gasteiger partial charge in [0.1, 0.15) is 6.54 Å². The normalized spacial score (nSPS) is 10.6. The summed E-state index contributed by atoms with van der Waals surface area (Å²) in [4.78, 5) is 24.1. The molecule has 0 saturated heterocycles. The van der Waals surface area contributed by atoms with Crippen LogP contribution in [0, 0.1) is 0 Å². The number of hydrogen-bond donors (Lipinski definition) is 1. The average Bonchev–Trinajstić information content (AvgIpc) is 2.96. The highest BCUT2D eigenvalue weighted by atomic mass is 79.9. The Morgan fingerprint density at radius 3 is 2.75 bits per heavy atom. The molecule has 0 atom stereocenters. The van der Waals surface area contributed by atoms with Crippen molar-refractivity contribution in [3.63, 3.8) is 0 Å². The van der Waals surface area contributed by atoms with Gasteiger partial charge in [-0.2, -0.15) is 0 Å². The lowest BCUT2D eigenvalue weighted by molar-refractivity contribution is -0.116. The van der Waals surface area contributed by atoms with Crippen molar-refractivity contribution in [1.82, 2.24) is 4.57 Å². The fourth-order valence-corrected chi connectivity index (χ4v) is 2.91. The molecule has 1 N–H and O–H groups in total. The number of carbonyl (C=O) groups excluding carboxylic acids is 2. The maximum absolute atomic E-state index is 12.4. The van der Waals surface area contributed by atoms with E-state index in [1.165, 1.54) is 7.11 Å². The number of ether oxygens (including phenoxy) is 1. The Morgan fingerprint density at radius 2 is 1.96 bits per heavy atom. The number of rotatable bonds is 4. The second-order valence-electron chi connectivity index (χ2n) is 5.23. The first-order valence-corrected chi connectivity index (χ1v) is 8.09. The predicted molar refractivity (Wildman–Crippen MR) is 96.0 cm³/mol. The number of esters is 1. The second kappa shape index (κ2) is 6.88. The first-order chi connectivity index (χ1) is 11.6. The van der Waals surface area contributed by atoms with Gasteiger partial charge in [0.25, 0.3) is 0 Å². The number of halogens is 1. The first kappa shape index (κ1) is 16.3. The van der Waals surface area contributed by atoms with E-state index in [-0.39, 0.29) is 12.5 Å². The van der Waals surface area contributed by atoms with E-state index in [2.05, 4.69) is 21.2 Å². The number of anilines is 1. The second-order valence-corrected chi connectivity index (χ2v) is 6.15. The van der Waals surface area contributed by atoms with Crippen molar-refractivity contribution in [2.75, 3.05) is 12.4 Å². The zero-order valence-corrected chi connectivity index (χ0v) is 14.5. The minimum absolute atomic E-state index is 0.153. The summed E-state index contributed by atoms with van der Waals surface area (Å²) in [7, 11) is 1.31. The molecule has 24 heavy (non-hydrogen) atoms. The molecule has 2 aromatic carbocycles. The molecule has 122 valence electrons. The van der Waals surface area contributed by atoms with Crippen LogP contribution in [0.1, 0.15) is 10.4 Å². The standard InChI is InChI=1S/C18H15BrN2O3/c1-24-18(23)14-4-2-3-5-15(14)20-17(22)11-21-9-8-12-10-13(19)6-7-16(12)21/h2-10H,11H2,1H3,(H,20,22). The zero-order valence-electron chi connectivity index (χ0n) is 13.0. The largest absolute Gasteiger partial charge is 0.465 e. The van der Waals surface area contributed by atoms with E-state index in [0.29, 0.717) is 11.3 Å². The van der Waals surface area contributed by atoms with Crippen LogP contribution in [0.25, 0.3) is 10.9 Å². The van der Waals surface area contributed by atoms with Gasteiger partial charge < -0.3 is 14.6 Å². The van der Waals surface area contributed by atoms with Gasteiger partial charge in [0.15, 0.2) is 0 Å². The summed E-state index contributed by atoms with van der Waals surface area (Å²) in [6.07, 6.45) is 1.86. The van der Waals surface area contributed by atoms with Crippen LogP contribution in [-0.4, -0.2) is 23.6 Å². The maximum Gasteiger partial charge on any atom is 0.339 e. The molecule has 0 bridgehead atoms. The Hall–Kier alpha value is -2.60. The van der Waals surface area contributed by atoms with E-state index in [4.69, 9.17) is 4.74 Å². The molecule has 3 aromatic rings. The minimum atomic E-state index is -0.484. The lowest BCUT2D eigenvalue weighted by atomic mass is 10.2. The summed E-state index contributed by atoms with van der Waals surface area (Å²) >= 11 is 3.43. The van der Waals surface area contributed by atoms with E-state index in [1.807, 2.05) is 35.0 Å². The van der Waals surface area contributed by atoms with Crippen molar-refractivity contribution in [1.29, 1.82) is 0 Å². The Bertz CT molecular complexity index is 918. The molecular formula is C18H15BrN2O3. The molecule has 0 spiro atoms.